The van der Waals surface area contributed by atoms with Crippen LogP contribution in [0.25, 0.3) is 0 Å². The van der Waals surface area contributed by atoms with E-state index in [9.17, 15) is 24.5 Å². The second kappa shape index (κ2) is 13.1. The van der Waals surface area contributed by atoms with E-state index >= 15 is 0 Å². The van der Waals surface area contributed by atoms with Gasteiger partial charge in [-0.15, -0.1) is 0 Å². The van der Waals surface area contributed by atoms with Gasteiger partial charge in [0.15, 0.2) is 5.78 Å². The number of nitro groups is 1. The molecule has 1 saturated heterocycles. The summed E-state index contributed by atoms with van der Waals surface area (Å²) < 4.78 is 5.22. The molecular weight excluding hydrogens is 582 g/mol. The summed E-state index contributed by atoms with van der Waals surface area (Å²) in [6.07, 6.45) is 0. The normalized spacial score (nSPS) is 19.3. The van der Waals surface area contributed by atoms with E-state index in [1.54, 1.807) is 86.0 Å². The number of hydrogen-bond donors (Lipinski definition) is 1. The number of Topliss-reactive ketones (excluding diaryl/α,β-unsaturated/α-hetero) is 1. The van der Waals surface area contributed by atoms with Gasteiger partial charge in [0, 0.05) is 42.1 Å². The molecule has 2 amide bonds. The van der Waals surface area contributed by atoms with E-state index < -0.39 is 40.7 Å². The van der Waals surface area contributed by atoms with Crippen molar-refractivity contribution < 1.29 is 24.0 Å². The number of non-ortho nitro benzene ring substituents is 1. The third-order valence-electron chi connectivity index (χ3n) is 7.99. The molecule has 0 bridgehead atoms. The molecule has 1 aliphatic heterocycles. The van der Waals surface area contributed by atoms with E-state index in [1.165, 1.54) is 24.0 Å². The highest BCUT2D eigenvalue weighted by Gasteiger charge is 2.56. The molecule has 10 heteroatoms. The van der Waals surface area contributed by atoms with Gasteiger partial charge in [0.05, 0.1) is 24.0 Å². The number of hydrogen-bond acceptors (Lipinski definition) is 6. The Morgan fingerprint density at radius 2 is 1.50 bits per heavy atom. The van der Waals surface area contributed by atoms with Crippen LogP contribution in [0.3, 0.4) is 0 Å². The maximum absolute atomic E-state index is 14.4. The molecule has 1 aliphatic rings. The second-order valence-electron chi connectivity index (χ2n) is 10.6. The molecule has 0 aromatic heterocycles. The number of nitro benzene ring substituents is 1. The van der Waals surface area contributed by atoms with Crippen LogP contribution in [0.4, 0.5) is 5.69 Å². The number of nitrogens with one attached hydrogen (secondary N) is 1. The molecule has 5 rings (SSSR count). The predicted molar refractivity (Wildman–Crippen MR) is 165 cm³/mol. The third-order valence-corrected chi connectivity index (χ3v) is 8.24. The van der Waals surface area contributed by atoms with E-state index in [0.717, 1.165) is 5.56 Å². The lowest BCUT2D eigenvalue weighted by Gasteiger charge is -2.30. The molecule has 0 saturated carbocycles. The summed E-state index contributed by atoms with van der Waals surface area (Å²) >= 11 is 6.20. The van der Waals surface area contributed by atoms with Gasteiger partial charge in [-0.2, -0.15) is 0 Å². The highest BCUT2D eigenvalue weighted by atomic mass is 35.5. The Hall–Kier alpha value is -5.02. The molecule has 4 aromatic carbocycles. The summed E-state index contributed by atoms with van der Waals surface area (Å²) in [6, 6.07) is 26.6. The fraction of sp³-hybridized carbons (Fsp3) is 0.206. The van der Waals surface area contributed by atoms with Gasteiger partial charge in [-0.3, -0.25) is 24.5 Å². The van der Waals surface area contributed by atoms with E-state index in [0.29, 0.717) is 27.5 Å². The molecule has 4 atom stereocenters. The number of likely N-dealkylation sites (tertiary alicyclic amines) is 1. The maximum atomic E-state index is 14.4. The fourth-order valence-corrected chi connectivity index (χ4v) is 6.09. The van der Waals surface area contributed by atoms with E-state index in [2.05, 4.69) is 5.32 Å². The molecule has 224 valence electrons. The first-order chi connectivity index (χ1) is 21.2. The highest BCUT2D eigenvalue weighted by molar-refractivity contribution is 6.30. The first kappa shape index (κ1) is 30.4. The van der Waals surface area contributed by atoms with Crippen LogP contribution in [0.1, 0.15) is 45.9 Å². The van der Waals surface area contributed by atoms with Crippen molar-refractivity contribution in [1.29, 1.82) is 0 Å². The van der Waals surface area contributed by atoms with Gasteiger partial charge in [-0.25, -0.2) is 0 Å². The van der Waals surface area contributed by atoms with Crippen molar-refractivity contribution in [2.45, 2.75) is 31.5 Å². The van der Waals surface area contributed by atoms with Crippen molar-refractivity contribution in [2.24, 2.45) is 5.92 Å². The number of benzene rings is 4. The van der Waals surface area contributed by atoms with Crippen LogP contribution in [0.5, 0.6) is 5.75 Å². The third kappa shape index (κ3) is 6.18. The smallest absolute Gasteiger partial charge is 0.269 e. The topological polar surface area (TPSA) is 119 Å². The summed E-state index contributed by atoms with van der Waals surface area (Å²) in [5.74, 6) is -2.17. The molecule has 4 unspecified atom stereocenters. The van der Waals surface area contributed by atoms with Gasteiger partial charge in [0.1, 0.15) is 11.8 Å². The Morgan fingerprint density at radius 3 is 2.07 bits per heavy atom. The van der Waals surface area contributed by atoms with Crippen molar-refractivity contribution >= 4 is 34.9 Å². The molecule has 0 radical (unpaired) electrons. The largest absolute Gasteiger partial charge is 0.497 e. The lowest BCUT2D eigenvalue weighted by molar-refractivity contribution is -0.384. The zero-order valence-electron chi connectivity index (χ0n) is 24.1. The summed E-state index contributed by atoms with van der Waals surface area (Å²) in [4.78, 5) is 54.5. The minimum absolute atomic E-state index is 0.129. The number of carbonyl (C=O) groups is 3. The number of carbonyl (C=O) groups excluding carboxylic acids is 3. The quantitative estimate of drug-likeness (QED) is 0.138. The number of halogens is 1. The lowest BCUT2D eigenvalue weighted by atomic mass is 9.76. The van der Waals surface area contributed by atoms with Crippen LogP contribution in [-0.2, 0) is 16.1 Å². The number of rotatable bonds is 9. The number of ether oxygens (including phenoxy) is 1. The van der Waals surface area contributed by atoms with Crippen LogP contribution >= 0.6 is 11.6 Å². The average molecular weight is 612 g/mol. The highest BCUT2D eigenvalue weighted by Crippen LogP contribution is 2.51. The average Bonchev–Trinajstić information content (AvgIpc) is 3.41. The van der Waals surface area contributed by atoms with Crippen LogP contribution in [0.15, 0.2) is 103 Å². The molecule has 1 N–H and O–H groups in total. The Kier molecular flexibility index (Phi) is 9.06. The minimum Gasteiger partial charge on any atom is -0.497 e. The maximum Gasteiger partial charge on any atom is 0.269 e. The summed E-state index contributed by atoms with van der Waals surface area (Å²) in [5, 5.41) is 14.9. The van der Waals surface area contributed by atoms with Crippen LogP contribution in [-0.4, -0.2) is 40.6 Å². The Morgan fingerprint density at radius 1 is 0.886 bits per heavy atom. The van der Waals surface area contributed by atoms with Crippen LogP contribution in [0.2, 0.25) is 5.02 Å². The Balaban J connectivity index is 1.65. The van der Waals surface area contributed by atoms with Crippen LogP contribution in [0, 0.1) is 16.0 Å². The fourth-order valence-electron chi connectivity index (χ4n) is 5.97. The zero-order chi connectivity index (χ0) is 31.4. The van der Waals surface area contributed by atoms with Crippen molar-refractivity contribution in [2.75, 3.05) is 7.11 Å². The first-order valence-electron chi connectivity index (χ1n) is 14.0. The minimum atomic E-state index is -1.11. The summed E-state index contributed by atoms with van der Waals surface area (Å²) in [6.45, 7) is 1.54. The molecule has 9 nitrogen and oxygen atoms in total. The number of nitrogens with zero attached hydrogens (tertiary/aromatic N) is 2. The Bertz CT molecular complexity index is 1660. The molecule has 4 aromatic rings. The molecule has 1 heterocycles. The molecule has 0 spiro atoms. The van der Waals surface area contributed by atoms with Crippen molar-refractivity contribution in [3.05, 3.63) is 141 Å². The summed E-state index contributed by atoms with van der Waals surface area (Å²) in [7, 11) is 1.57. The van der Waals surface area contributed by atoms with Crippen molar-refractivity contribution in [3.8, 4) is 5.75 Å². The number of ketones is 1. The number of amides is 2. The number of methoxy groups -OCH3 is 1. The van der Waals surface area contributed by atoms with E-state index in [1.807, 2.05) is 12.1 Å². The van der Waals surface area contributed by atoms with E-state index in [4.69, 9.17) is 16.3 Å². The standard InChI is InChI=1S/C34H30ClN3O6/c1-21(39)37-31(24-10-14-26(35)15-11-24)30(33(40)25-6-4-3-5-7-25)29(23-12-16-27(17-13-23)38(42)43)32(37)34(41)36-20-22-8-18-28(44-2)19-9-22/h3-19,29-32H,20H2,1-2H3,(H,36,41). The van der Waals surface area contributed by atoms with Gasteiger partial charge in [0.2, 0.25) is 11.8 Å². The molecule has 44 heavy (non-hydrogen) atoms. The monoisotopic (exact) mass is 611 g/mol. The molecular formula is C34H30ClN3O6. The second-order valence-corrected chi connectivity index (χ2v) is 11.0. The van der Waals surface area contributed by atoms with Crippen molar-refractivity contribution in [1.82, 2.24) is 10.2 Å². The van der Waals surface area contributed by atoms with Crippen LogP contribution < -0.4 is 10.1 Å². The van der Waals surface area contributed by atoms with Gasteiger partial charge < -0.3 is 15.0 Å². The molecule has 0 aliphatic carbocycles. The lowest BCUT2D eigenvalue weighted by Crippen LogP contribution is -2.47. The van der Waals surface area contributed by atoms with Gasteiger partial charge >= 0.3 is 0 Å². The first-order valence-corrected chi connectivity index (χ1v) is 14.4. The predicted octanol–water partition coefficient (Wildman–Crippen LogP) is 6.13. The SMILES string of the molecule is COc1ccc(CNC(=O)C2C(c3ccc([N+](=O)[O-])cc3)C(C(=O)c3ccccc3)C(c3ccc(Cl)cc3)N2C(C)=O)cc1. The Labute approximate surface area is 259 Å². The van der Waals surface area contributed by atoms with Crippen molar-refractivity contribution in [3.63, 3.8) is 0 Å². The van der Waals surface area contributed by atoms with Gasteiger partial charge in [-0.1, -0.05) is 78.3 Å². The van der Waals surface area contributed by atoms with E-state index in [-0.39, 0.29) is 18.0 Å². The summed E-state index contributed by atoms with van der Waals surface area (Å²) in [5.41, 5.74) is 2.26. The van der Waals surface area contributed by atoms with Gasteiger partial charge in [-0.05, 0) is 41.0 Å². The van der Waals surface area contributed by atoms with Gasteiger partial charge in [0.25, 0.3) is 5.69 Å². The zero-order valence-corrected chi connectivity index (χ0v) is 24.8. The molecule has 1 fully saturated rings.